The highest BCUT2D eigenvalue weighted by Crippen LogP contribution is 2.30. The van der Waals surface area contributed by atoms with Crippen LogP contribution < -0.4 is 19.3 Å². The van der Waals surface area contributed by atoms with E-state index in [1.54, 1.807) is 29.4 Å². The van der Waals surface area contributed by atoms with E-state index in [4.69, 9.17) is 9.47 Å². The van der Waals surface area contributed by atoms with Crippen LogP contribution in [0.2, 0.25) is 0 Å². The number of thioether (sulfide) groups is 1. The fourth-order valence-corrected chi connectivity index (χ4v) is 4.94. The molecule has 10 heteroatoms. The predicted molar refractivity (Wildman–Crippen MR) is 127 cm³/mol. The number of nitrogens with zero attached hydrogens (tertiary/aromatic N) is 5. The second-order valence-electron chi connectivity index (χ2n) is 9.18. The second-order valence-corrected chi connectivity index (χ2v) is 11.1. The average Bonchev–Trinajstić information content (AvgIpc) is 3.09. The lowest BCUT2D eigenvalue weighted by Gasteiger charge is -2.39. The van der Waals surface area contributed by atoms with E-state index in [0.29, 0.717) is 46.7 Å². The van der Waals surface area contributed by atoms with E-state index in [0.717, 1.165) is 13.1 Å². The highest BCUT2D eigenvalue weighted by atomic mass is 32.2. The first-order valence-corrected chi connectivity index (χ1v) is 12.1. The van der Waals surface area contributed by atoms with Crippen LogP contribution in [0.1, 0.15) is 34.1 Å². The molecule has 0 unspecified atom stereocenters. The first kappa shape index (κ1) is 23.5. The minimum Gasteiger partial charge on any atom is -0.479 e. The van der Waals surface area contributed by atoms with Gasteiger partial charge in [-0.25, -0.2) is 19.3 Å². The fourth-order valence-electron chi connectivity index (χ4n) is 3.64. The Bertz CT molecular complexity index is 946. The minimum atomic E-state index is -1.44. The molecule has 1 amide bonds. The number of aromatic nitrogens is 3. The van der Waals surface area contributed by atoms with Gasteiger partial charge in [0.2, 0.25) is 11.8 Å². The molecule has 2 aromatic heterocycles. The molecule has 0 bridgehead atoms. The summed E-state index contributed by atoms with van der Waals surface area (Å²) in [5, 5.41) is 1.24. The molecular weight excluding hydrogens is 445 g/mol. The first-order valence-electron chi connectivity index (χ1n) is 11.2. The predicted octanol–water partition coefficient (Wildman–Crippen LogP) is 3.51. The van der Waals surface area contributed by atoms with Crippen LogP contribution >= 0.6 is 11.8 Å². The van der Waals surface area contributed by atoms with Crippen molar-refractivity contribution in [3.05, 3.63) is 30.7 Å². The van der Waals surface area contributed by atoms with Crippen LogP contribution in [0.5, 0.6) is 11.6 Å². The maximum absolute atomic E-state index is 13.6. The summed E-state index contributed by atoms with van der Waals surface area (Å²) in [7, 11) is 0. The van der Waals surface area contributed by atoms with Crippen LogP contribution in [0, 0.1) is 0 Å². The summed E-state index contributed by atoms with van der Waals surface area (Å²) < 4.78 is 24.7. The summed E-state index contributed by atoms with van der Waals surface area (Å²) in [6, 6.07) is 3.27. The molecule has 4 rings (SSSR count). The summed E-state index contributed by atoms with van der Waals surface area (Å²) in [5.74, 6) is 1.33. The Morgan fingerprint density at radius 1 is 1.18 bits per heavy atom. The number of alkyl halides is 1. The van der Waals surface area contributed by atoms with Gasteiger partial charge in [0.25, 0.3) is 5.91 Å². The molecule has 4 heterocycles. The quantitative estimate of drug-likeness (QED) is 0.545. The zero-order valence-electron chi connectivity index (χ0n) is 19.4. The lowest BCUT2D eigenvalue weighted by molar-refractivity contribution is -0.122. The van der Waals surface area contributed by atoms with Gasteiger partial charge in [0.1, 0.15) is 18.0 Å². The van der Waals surface area contributed by atoms with Crippen molar-refractivity contribution in [2.45, 2.75) is 56.4 Å². The van der Waals surface area contributed by atoms with Gasteiger partial charge in [0, 0.05) is 37.4 Å². The maximum atomic E-state index is 13.6. The third kappa shape index (κ3) is 6.04. The van der Waals surface area contributed by atoms with Gasteiger partial charge >= 0.3 is 0 Å². The largest absolute Gasteiger partial charge is 0.479 e. The lowest BCUT2D eigenvalue weighted by Crippen LogP contribution is -2.50. The topological polar surface area (TPSA) is 80.7 Å². The van der Waals surface area contributed by atoms with Crippen molar-refractivity contribution < 1.29 is 18.7 Å². The summed E-state index contributed by atoms with van der Waals surface area (Å²) in [6.07, 6.45) is 4.82. The van der Waals surface area contributed by atoms with Gasteiger partial charge < -0.3 is 19.3 Å². The van der Waals surface area contributed by atoms with Gasteiger partial charge in [-0.1, -0.05) is 13.8 Å². The van der Waals surface area contributed by atoms with Crippen molar-refractivity contribution in [2.24, 2.45) is 0 Å². The van der Waals surface area contributed by atoms with Crippen LogP contribution in [0.4, 0.5) is 16.0 Å². The number of carbonyl (C=O) groups is 1. The summed E-state index contributed by atoms with van der Waals surface area (Å²) >= 11 is 1.98. The number of amides is 1. The highest BCUT2D eigenvalue weighted by molar-refractivity contribution is 8.00. The standard InChI is InChI=1S/C23H30FN5O3S/c1-15(2)33-18-12-28(13-18)22-26-9-16(10-27-22)29-8-7-19(21(29)30)32-17-5-6-20(25-11-17)31-14-23(3,4)24/h5-6,9-11,15,18-19H,7-8,12-14H2,1-4H3/t19-/m1/s1. The summed E-state index contributed by atoms with van der Waals surface area (Å²) in [6.45, 7) is 9.63. The van der Waals surface area contributed by atoms with Gasteiger partial charge in [-0.05, 0) is 25.2 Å². The van der Waals surface area contributed by atoms with E-state index in [1.165, 1.54) is 20.0 Å². The third-order valence-electron chi connectivity index (χ3n) is 5.24. The van der Waals surface area contributed by atoms with Gasteiger partial charge in [0.05, 0.1) is 24.3 Å². The Labute approximate surface area is 197 Å². The molecule has 33 heavy (non-hydrogen) atoms. The van der Waals surface area contributed by atoms with E-state index in [-0.39, 0.29) is 12.5 Å². The molecule has 2 aromatic rings. The zero-order chi connectivity index (χ0) is 23.6. The van der Waals surface area contributed by atoms with E-state index >= 15 is 0 Å². The van der Waals surface area contributed by atoms with Crippen molar-refractivity contribution in [3.8, 4) is 11.6 Å². The molecule has 2 saturated heterocycles. The molecule has 0 aliphatic carbocycles. The van der Waals surface area contributed by atoms with Crippen molar-refractivity contribution in [2.75, 3.05) is 36.0 Å². The molecule has 0 spiro atoms. The van der Waals surface area contributed by atoms with Crippen molar-refractivity contribution >= 4 is 29.3 Å². The van der Waals surface area contributed by atoms with E-state index in [2.05, 4.69) is 33.7 Å². The number of rotatable bonds is 9. The van der Waals surface area contributed by atoms with Crippen LogP contribution in [0.3, 0.4) is 0 Å². The van der Waals surface area contributed by atoms with E-state index < -0.39 is 11.8 Å². The Kier molecular flexibility index (Phi) is 6.92. The van der Waals surface area contributed by atoms with Crippen LogP contribution in [-0.2, 0) is 4.79 Å². The van der Waals surface area contributed by atoms with Gasteiger partial charge in [-0.15, -0.1) is 0 Å². The highest BCUT2D eigenvalue weighted by Gasteiger charge is 2.35. The normalized spacial score (nSPS) is 19.2. The molecule has 2 fully saturated rings. The summed E-state index contributed by atoms with van der Waals surface area (Å²) in [4.78, 5) is 29.7. The van der Waals surface area contributed by atoms with Crippen molar-refractivity contribution in [1.82, 2.24) is 15.0 Å². The third-order valence-corrected chi connectivity index (χ3v) is 6.47. The number of pyridine rings is 1. The molecule has 2 aliphatic rings. The Morgan fingerprint density at radius 2 is 1.91 bits per heavy atom. The molecule has 0 saturated carbocycles. The van der Waals surface area contributed by atoms with Crippen molar-refractivity contribution in [1.29, 1.82) is 0 Å². The Balaban J connectivity index is 1.29. The lowest BCUT2D eigenvalue weighted by atomic mass is 10.2. The maximum Gasteiger partial charge on any atom is 0.268 e. The van der Waals surface area contributed by atoms with Gasteiger partial charge in [-0.2, -0.15) is 11.8 Å². The molecule has 178 valence electrons. The number of hydrogen-bond acceptors (Lipinski definition) is 8. The van der Waals surface area contributed by atoms with Gasteiger partial charge in [0.15, 0.2) is 6.10 Å². The molecule has 8 nitrogen and oxygen atoms in total. The number of halogens is 1. The first-order chi connectivity index (χ1) is 15.7. The molecule has 1 atom stereocenters. The molecule has 2 aliphatic heterocycles. The smallest absolute Gasteiger partial charge is 0.268 e. The van der Waals surface area contributed by atoms with Crippen LogP contribution in [-0.4, -0.2) is 69.4 Å². The molecular formula is C23H30FN5O3S. The van der Waals surface area contributed by atoms with Crippen LogP contribution in [0.25, 0.3) is 0 Å². The number of carbonyl (C=O) groups excluding carboxylic acids is 1. The summed E-state index contributed by atoms with van der Waals surface area (Å²) in [5.41, 5.74) is -0.776. The molecule has 0 aromatic carbocycles. The van der Waals surface area contributed by atoms with E-state index in [9.17, 15) is 9.18 Å². The SMILES string of the molecule is CC(C)SC1CN(c2ncc(N3CC[C@@H](Oc4ccc(OCC(C)(C)F)nc4)C3=O)cn2)C1. The van der Waals surface area contributed by atoms with Crippen molar-refractivity contribution in [3.63, 3.8) is 0 Å². The minimum absolute atomic E-state index is 0.0909. The number of anilines is 2. The monoisotopic (exact) mass is 475 g/mol. The molecule has 0 N–H and O–H groups in total. The number of hydrogen-bond donors (Lipinski definition) is 0. The zero-order valence-corrected chi connectivity index (χ0v) is 20.2. The Morgan fingerprint density at radius 3 is 2.52 bits per heavy atom. The average molecular weight is 476 g/mol. The van der Waals surface area contributed by atoms with Gasteiger partial charge in [-0.3, -0.25) is 4.79 Å². The fraction of sp³-hybridized carbons (Fsp3) is 0.565. The second kappa shape index (κ2) is 9.70. The Hall–Kier alpha value is -2.62. The molecule has 0 radical (unpaired) electrons. The van der Waals surface area contributed by atoms with Crippen LogP contribution in [0.15, 0.2) is 30.7 Å². The van der Waals surface area contributed by atoms with E-state index in [1.807, 2.05) is 11.8 Å². The number of ether oxygens (including phenoxy) is 2.